The second-order valence-corrected chi connectivity index (χ2v) is 3.82. The fraction of sp³-hybridized carbons (Fsp3) is 0.600. The highest BCUT2D eigenvalue weighted by molar-refractivity contribution is 5.80. The topological polar surface area (TPSA) is 49.4 Å². The third-order valence-electron chi connectivity index (χ3n) is 2.83. The predicted molar refractivity (Wildman–Crippen MR) is 51.3 cm³/mol. The zero-order valence-electron chi connectivity index (χ0n) is 8.30. The summed E-state index contributed by atoms with van der Waals surface area (Å²) in [5.74, 6) is 0.230. The molecule has 2 amide bonds. The molecule has 0 fully saturated rings. The van der Waals surface area contributed by atoms with Crippen molar-refractivity contribution in [2.45, 2.75) is 26.2 Å². The van der Waals surface area contributed by atoms with Crippen LogP contribution in [0.15, 0.2) is 11.3 Å². The van der Waals surface area contributed by atoms with E-state index in [4.69, 9.17) is 0 Å². The Kier molecular flexibility index (Phi) is 2.27. The fourth-order valence-electron chi connectivity index (χ4n) is 1.97. The molecule has 0 aliphatic carbocycles. The first kappa shape index (κ1) is 9.24. The summed E-state index contributed by atoms with van der Waals surface area (Å²) in [5, 5.41) is 2.88. The first-order valence-corrected chi connectivity index (χ1v) is 4.93. The summed E-state index contributed by atoms with van der Waals surface area (Å²) in [4.78, 5) is 24.1. The monoisotopic (exact) mass is 194 g/mol. The summed E-state index contributed by atoms with van der Waals surface area (Å²) in [6, 6.07) is 0. The molecule has 0 unspecified atom stereocenters. The molecular formula is C10H14N2O2. The maximum Gasteiger partial charge on any atom is 0.224 e. The van der Waals surface area contributed by atoms with Crippen LogP contribution in [0.4, 0.5) is 0 Å². The number of nitrogens with one attached hydrogen (secondary N) is 1. The average molecular weight is 194 g/mol. The van der Waals surface area contributed by atoms with Crippen molar-refractivity contribution in [3.05, 3.63) is 11.3 Å². The van der Waals surface area contributed by atoms with Gasteiger partial charge in [0.05, 0.1) is 0 Å². The van der Waals surface area contributed by atoms with E-state index in [0.717, 1.165) is 25.1 Å². The Morgan fingerprint density at radius 2 is 2.14 bits per heavy atom. The third kappa shape index (κ3) is 1.64. The van der Waals surface area contributed by atoms with Crippen molar-refractivity contribution in [3.63, 3.8) is 0 Å². The first-order valence-electron chi connectivity index (χ1n) is 4.93. The Morgan fingerprint density at radius 3 is 2.86 bits per heavy atom. The lowest BCUT2D eigenvalue weighted by Gasteiger charge is -2.32. The number of hydrogen-bond donors (Lipinski definition) is 1. The number of rotatable bonds is 0. The highest BCUT2D eigenvalue weighted by Crippen LogP contribution is 2.23. The van der Waals surface area contributed by atoms with Gasteiger partial charge in [0.2, 0.25) is 11.8 Å². The maximum absolute atomic E-state index is 11.2. The summed E-state index contributed by atoms with van der Waals surface area (Å²) in [6.45, 7) is 3.02. The van der Waals surface area contributed by atoms with Gasteiger partial charge in [-0.25, -0.2) is 0 Å². The number of carbonyl (C=O) groups excluding carboxylic acids is 2. The quantitative estimate of drug-likeness (QED) is 0.607. The van der Waals surface area contributed by atoms with Gasteiger partial charge in [-0.1, -0.05) is 0 Å². The van der Waals surface area contributed by atoms with Gasteiger partial charge in [0, 0.05) is 38.6 Å². The molecule has 14 heavy (non-hydrogen) atoms. The minimum absolute atomic E-state index is 0.111. The van der Waals surface area contributed by atoms with Crippen LogP contribution in [0.3, 0.4) is 0 Å². The van der Waals surface area contributed by atoms with Gasteiger partial charge in [0.1, 0.15) is 0 Å². The van der Waals surface area contributed by atoms with E-state index in [9.17, 15) is 9.59 Å². The molecule has 76 valence electrons. The van der Waals surface area contributed by atoms with Crippen molar-refractivity contribution < 1.29 is 9.59 Å². The SMILES string of the molecule is CC(=O)N1CCC2=C(CCC(=O)N2)C1. The molecule has 0 aromatic heterocycles. The lowest BCUT2D eigenvalue weighted by molar-refractivity contribution is -0.128. The van der Waals surface area contributed by atoms with Crippen molar-refractivity contribution in [2.75, 3.05) is 13.1 Å². The van der Waals surface area contributed by atoms with Gasteiger partial charge < -0.3 is 10.2 Å². The van der Waals surface area contributed by atoms with Crippen LogP contribution in [0.1, 0.15) is 26.2 Å². The van der Waals surface area contributed by atoms with E-state index in [2.05, 4.69) is 5.32 Å². The molecule has 2 aliphatic rings. The zero-order chi connectivity index (χ0) is 10.1. The summed E-state index contributed by atoms with van der Waals surface area (Å²) in [7, 11) is 0. The van der Waals surface area contributed by atoms with Crippen LogP contribution in [0.25, 0.3) is 0 Å². The minimum atomic E-state index is 0.111. The second-order valence-electron chi connectivity index (χ2n) is 3.82. The van der Waals surface area contributed by atoms with E-state index >= 15 is 0 Å². The van der Waals surface area contributed by atoms with E-state index in [1.165, 1.54) is 5.57 Å². The third-order valence-corrected chi connectivity index (χ3v) is 2.83. The van der Waals surface area contributed by atoms with Crippen LogP contribution < -0.4 is 5.32 Å². The van der Waals surface area contributed by atoms with Crippen LogP contribution in [-0.4, -0.2) is 29.8 Å². The summed E-state index contributed by atoms with van der Waals surface area (Å²) < 4.78 is 0. The Bertz CT molecular complexity index is 320. The van der Waals surface area contributed by atoms with E-state index in [1.54, 1.807) is 6.92 Å². The van der Waals surface area contributed by atoms with Gasteiger partial charge in [-0.15, -0.1) is 0 Å². The van der Waals surface area contributed by atoms with Gasteiger partial charge in [0.25, 0.3) is 0 Å². The second kappa shape index (κ2) is 3.44. The normalized spacial score (nSPS) is 21.8. The van der Waals surface area contributed by atoms with Crippen molar-refractivity contribution in [3.8, 4) is 0 Å². The van der Waals surface area contributed by atoms with Crippen LogP contribution in [0, 0.1) is 0 Å². The maximum atomic E-state index is 11.2. The Morgan fingerprint density at radius 1 is 1.36 bits per heavy atom. The summed E-state index contributed by atoms with van der Waals surface area (Å²) >= 11 is 0. The fourth-order valence-corrected chi connectivity index (χ4v) is 1.97. The summed E-state index contributed by atoms with van der Waals surface area (Å²) in [5.41, 5.74) is 2.28. The lowest BCUT2D eigenvalue weighted by Crippen LogP contribution is -2.41. The number of nitrogens with zero attached hydrogens (tertiary/aromatic N) is 1. The Hall–Kier alpha value is -1.32. The first-order chi connectivity index (χ1) is 6.66. The van der Waals surface area contributed by atoms with Gasteiger partial charge in [-0.3, -0.25) is 9.59 Å². The molecule has 2 rings (SSSR count). The minimum Gasteiger partial charge on any atom is -0.338 e. The predicted octanol–water partition coefficient (Wildman–Crippen LogP) is 0.403. The molecule has 4 nitrogen and oxygen atoms in total. The smallest absolute Gasteiger partial charge is 0.224 e. The molecule has 0 spiro atoms. The molecule has 0 radical (unpaired) electrons. The van der Waals surface area contributed by atoms with Crippen molar-refractivity contribution in [1.29, 1.82) is 0 Å². The number of amides is 2. The van der Waals surface area contributed by atoms with Gasteiger partial charge in [-0.2, -0.15) is 0 Å². The van der Waals surface area contributed by atoms with E-state index in [-0.39, 0.29) is 11.8 Å². The van der Waals surface area contributed by atoms with Gasteiger partial charge >= 0.3 is 0 Å². The zero-order valence-corrected chi connectivity index (χ0v) is 8.30. The largest absolute Gasteiger partial charge is 0.338 e. The van der Waals surface area contributed by atoms with E-state index < -0.39 is 0 Å². The Balaban J connectivity index is 2.12. The molecule has 2 heterocycles. The highest BCUT2D eigenvalue weighted by Gasteiger charge is 2.24. The van der Waals surface area contributed by atoms with E-state index in [1.807, 2.05) is 4.90 Å². The molecule has 0 aromatic rings. The number of hydrogen-bond acceptors (Lipinski definition) is 2. The summed E-state index contributed by atoms with van der Waals surface area (Å²) in [6.07, 6.45) is 2.16. The molecule has 0 bridgehead atoms. The molecule has 0 saturated heterocycles. The van der Waals surface area contributed by atoms with Crippen molar-refractivity contribution >= 4 is 11.8 Å². The molecule has 1 N–H and O–H groups in total. The van der Waals surface area contributed by atoms with Crippen LogP contribution in [-0.2, 0) is 9.59 Å². The van der Waals surface area contributed by atoms with Crippen LogP contribution in [0.5, 0.6) is 0 Å². The van der Waals surface area contributed by atoms with Crippen molar-refractivity contribution in [1.82, 2.24) is 10.2 Å². The van der Waals surface area contributed by atoms with E-state index in [0.29, 0.717) is 13.0 Å². The standard InChI is InChI=1S/C10H14N2O2/c1-7(13)12-5-4-9-8(6-12)2-3-10(14)11-9/h2-6H2,1H3,(H,11,14). The van der Waals surface area contributed by atoms with Gasteiger partial charge in [-0.05, 0) is 12.0 Å². The average Bonchev–Trinajstić information content (AvgIpc) is 2.16. The van der Waals surface area contributed by atoms with Gasteiger partial charge in [0.15, 0.2) is 0 Å². The Labute approximate surface area is 83.0 Å². The van der Waals surface area contributed by atoms with Crippen LogP contribution in [0.2, 0.25) is 0 Å². The van der Waals surface area contributed by atoms with Crippen LogP contribution >= 0.6 is 0 Å². The molecule has 0 atom stereocenters. The molecule has 4 heteroatoms. The molecule has 2 aliphatic heterocycles. The number of carbonyl (C=O) groups is 2. The molecular weight excluding hydrogens is 180 g/mol. The molecule has 0 saturated carbocycles. The highest BCUT2D eigenvalue weighted by atomic mass is 16.2. The van der Waals surface area contributed by atoms with Crippen molar-refractivity contribution in [2.24, 2.45) is 0 Å². The molecule has 0 aromatic carbocycles. The lowest BCUT2D eigenvalue weighted by atomic mass is 9.97.